The molecule has 2 heterocycles. The summed E-state index contributed by atoms with van der Waals surface area (Å²) in [6, 6.07) is 3.82. The lowest BCUT2D eigenvalue weighted by Crippen LogP contribution is -2.44. The Morgan fingerprint density at radius 1 is 1.17 bits per heavy atom. The molecule has 1 saturated heterocycles. The Hall–Kier alpha value is -2.84. The number of carbonyl (C=O) groups excluding carboxylic acids is 3. The van der Waals surface area contributed by atoms with Crippen molar-refractivity contribution in [2.24, 2.45) is 0 Å². The number of fused-ring (bicyclic) bond motifs is 1. The van der Waals surface area contributed by atoms with E-state index in [1.54, 1.807) is 39.8 Å². The summed E-state index contributed by atoms with van der Waals surface area (Å²) in [4.78, 5) is 40.1. The van der Waals surface area contributed by atoms with Crippen molar-refractivity contribution in [3.05, 3.63) is 35.1 Å². The molecule has 0 bridgehead atoms. The van der Waals surface area contributed by atoms with Crippen LogP contribution in [0.3, 0.4) is 0 Å². The maximum atomic E-state index is 13.9. The summed E-state index contributed by atoms with van der Waals surface area (Å²) in [5.74, 6) is -0.931. The fraction of sp³-hybridized carbons (Fsp3) is 0.571. The minimum absolute atomic E-state index is 0.0132. The van der Waals surface area contributed by atoms with Crippen molar-refractivity contribution in [1.82, 2.24) is 9.80 Å². The molecule has 2 amide bonds. The first-order valence-electron chi connectivity index (χ1n) is 9.97. The molecule has 9 heteroatoms. The zero-order valence-electron chi connectivity index (χ0n) is 17.6. The molecule has 0 N–H and O–H groups in total. The van der Waals surface area contributed by atoms with Crippen molar-refractivity contribution >= 4 is 18.2 Å². The highest BCUT2D eigenvalue weighted by molar-refractivity contribution is 5.82. The second kappa shape index (κ2) is 8.49. The highest BCUT2D eigenvalue weighted by atomic mass is 19.1. The first-order chi connectivity index (χ1) is 14.1. The monoisotopic (exact) mass is 422 g/mol. The summed E-state index contributed by atoms with van der Waals surface area (Å²) < 4.78 is 29.9. The van der Waals surface area contributed by atoms with Crippen molar-refractivity contribution in [2.45, 2.75) is 65.0 Å². The number of hydrogen-bond acceptors (Lipinski definition) is 6. The smallest absolute Gasteiger partial charge is 0.411 e. The quantitative estimate of drug-likeness (QED) is 0.549. The van der Waals surface area contributed by atoms with Crippen LogP contribution in [0, 0.1) is 5.82 Å². The third-order valence-electron chi connectivity index (χ3n) is 4.90. The number of halogens is 1. The molecule has 2 atom stereocenters. The second-order valence-electron chi connectivity index (χ2n) is 8.38. The predicted molar refractivity (Wildman–Crippen MR) is 104 cm³/mol. The number of likely N-dealkylation sites (tertiary alicyclic amines) is 1. The van der Waals surface area contributed by atoms with Crippen molar-refractivity contribution < 1.29 is 33.0 Å². The molecule has 1 aromatic carbocycles. The van der Waals surface area contributed by atoms with Gasteiger partial charge in [0.1, 0.15) is 23.6 Å². The van der Waals surface area contributed by atoms with Gasteiger partial charge >= 0.3 is 18.2 Å². The van der Waals surface area contributed by atoms with Gasteiger partial charge < -0.3 is 14.2 Å². The highest BCUT2D eigenvalue weighted by Crippen LogP contribution is 2.28. The van der Waals surface area contributed by atoms with Crippen LogP contribution in [-0.4, -0.2) is 58.9 Å². The topological polar surface area (TPSA) is 85.4 Å². The summed E-state index contributed by atoms with van der Waals surface area (Å²) in [5, 5.41) is 0. The summed E-state index contributed by atoms with van der Waals surface area (Å²) >= 11 is 0. The van der Waals surface area contributed by atoms with Crippen LogP contribution in [0.25, 0.3) is 0 Å². The molecule has 0 spiro atoms. The maximum absolute atomic E-state index is 13.9. The van der Waals surface area contributed by atoms with Crippen LogP contribution in [0.15, 0.2) is 18.2 Å². The van der Waals surface area contributed by atoms with E-state index in [-0.39, 0.29) is 38.5 Å². The Labute approximate surface area is 174 Å². The largest absolute Gasteiger partial charge is 0.464 e. The van der Waals surface area contributed by atoms with E-state index in [0.29, 0.717) is 5.56 Å². The van der Waals surface area contributed by atoms with Crippen molar-refractivity contribution in [1.29, 1.82) is 0 Å². The number of amides is 2. The molecule has 2 unspecified atom stereocenters. The number of benzene rings is 1. The molecule has 2 aliphatic heterocycles. The summed E-state index contributed by atoms with van der Waals surface area (Å²) in [6.45, 7) is 7.39. The van der Waals surface area contributed by atoms with E-state index in [1.807, 2.05) is 0 Å². The van der Waals surface area contributed by atoms with E-state index >= 15 is 0 Å². The van der Waals surface area contributed by atoms with E-state index in [9.17, 15) is 18.8 Å². The number of carbonyl (C=O) groups is 3. The summed E-state index contributed by atoms with van der Waals surface area (Å²) in [5.41, 5.74) is 0.468. The molecule has 0 saturated carbocycles. The van der Waals surface area contributed by atoms with Crippen LogP contribution in [0.1, 0.15) is 45.2 Å². The van der Waals surface area contributed by atoms with Crippen molar-refractivity contribution in [2.75, 3.05) is 13.2 Å². The zero-order chi connectivity index (χ0) is 22.1. The van der Waals surface area contributed by atoms with Crippen molar-refractivity contribution in [3.63, 3.8) is 0 Å². The molecule has 30 heavy (non-hydrogen) atoms. The minimum Gasteiger partial charge on any atom is -0.464 e. The predicted octanol–water partition coefficient (Wildman–Crippen LogP) is 3.22. The number of hydrogen-bond donors (Lipinski definition) is 0. The van der Waals surface area contributed by atoms with Crippen LogP contribution in [0.5, 0.6) is 0 Å². The van der Waals surface area contributed by atoms with Crippen LogP contribution >= 0.6 is 0 Å². The highest BCUT2D eigenvalue weighted by Gasteiger charge is 2.44. The van der Waals surface area contributed by atoms with Gasteiger partial charge in [0.05, 0.1) is 19.7 Å². The lowest BCUT2D eigenvalue weighted by atomic mass is 10.1. The third kappa shape index (κ3) is 4.83. The van der Waals surface area contributed by atoms with Gasteiger partial charge in [-0.3, -0.25) is 9.80 Å². The fourth-order valence-corrected chi connectivity index (χ4v) is 3.59. The van der Waals surface area contributed by atoms with Crippen molar-refractivity contribution in [3.8, 4) is 0 Å². The first kappa shape index (κ1) is 21.9. The number of ether oxygens (including phenoxy) is 3. The molecule has 1 fully saturated rings. The molecular weight excluding hydrogens is 395 g/mol. The van der Waals surface area contributed by atoms with Gasteiger partial charge in [-0.2, -0.15) is 0 Å². The van der Waals surface area contributed by atoms with Crippen LogP contribution in [-0.2, 0) is 32.1 Å². The SMILES string of the molecule is CCOC(=O)C1CC(OC(=O)N2Cc3cccc(F)c3C2)CN1C(=O)OC(C)(C)C. The molecule has 0 radical (unpaired) electrons. The normalized spacial score (nSPS) is 20.7. The lowest BCUT2D eigenvalue weighted by Gasteiger charge is -2.27. The second-order valence-corrected chi connectivity index (χ2v) is 8.38. The Morgan fingerprint density at radius 2 is 1.90 bits per heavy atom. The molecule has 3 rings (SSSR count). The molecular formula is C21H27FN2O6. The van der Waals surface area contributed by atoms with Gasteiger partial charge in [-0.25, -0.2) is 18.8 Å². The van der Waals surface area contributed by atoms with Crippen LogP contribution in [0.4, 0.5) is 14.0 Å². The van der Waals surface area contributed by atoms with Gasteiger partial charge in [0.25, 0.3) is 0 Å². The molecule has 0 aliphatic carbocycles. The summed E-state index contributed by atoms with van der Waals surface area (Å²) in [7, 11) is 0. The lowest BCUT2D eigenvalue weighted by molar-refractivity contribution is -0.148. The molecule has 0 aromatic heterocycles. The molecule has 1 aromatic rings. The first-order valence-corrected chi connectivity index (χ1v) is 9.97. The van der Waals surface area contributed by atoms with E-state index in [0.717, 1.165) is 5.56 Å². The van der Waals surface area contributed by atoms with Gasteiger partial charge in [-0.15, -0.1) is 0 Å². The number of rotatable bonds is 3. The van der Waals surface area contributed by atoms with Gasteiger partial charge in [0, 0.05) is 18.5 Å². The molecule has 2 aliphatic rings. The van der Waals surface area contributed by atoms with E-state index in [4.69, 9.17) is 14.2 Å². The summed E-state index contributed by atoms with van der Waals surface area (Å²) in [6.07, 6.45) is -1.88. The average molecular weight is 422 g/mol. The molecule has 8 nitrogen and oxygen atoms in total. The van der Waals surface area contributed by atoms with E-state index in [2.05, 4.69) is 0 Å². The van der Waals surface area contributed by atoms with Crippen LogP contribution in [0.2, 0.25) is 0 Å². The number of nitrogens with zero attached hydrogens (tertiary/aromatic N) is 2. The Balaban J connectivity index is 1.66. The van der Waals surface area contributed by atoms with E-state index in [1.165, 1.54) is 15.9 Å². The Kier molecular flexibility index (Phi) is 6.19. The minimum atomic E-state index is -0.897. The number of esters is 1. The standard InChI is InChI=1S/C21H27FN2O6/c1-5-28-18(25)17-9-14(11-24(17)20(27)30-21(2,3)4)29-19(26)23-10-13-7-6-8-16(22)15(13)12-23/h6-8,14,17H,5,9-12H2,1-4H3. The van der Waals surface area contributed by atoms with Gasteiger partial charge in [0.15, 0.2) is 0 Å². The van der Waals surface area contributed by atoms with Gasteiger partial charge in [0.2, 0.25) is 0 Å². The van der Waals surface area contributed by atoms with Gasteiger partial charge in [-0.1, -0.05) is 12.1 Å². The van der Waals surface area contributed by atoms with Crippen LogP contribution < -0.4 is 0 Å². The Bertz CT molecular complexity index is 837. The van der Waals surface area contributed by atoms with Gasteiger partial charge in [-0.05, 0) is 39.3 Å². The average Bonchev–Trinajstić information content (AvgIpc) is 3.25. The third-order valence-corrected chi connectivity index (χ3v) is 4.90. The Morgan fingerprint density at radius 3 is 2.53 bits per heavy atom. The maximum Gasteiger partial charge on any atom is 0.411 e. The van der Waals surface area contributed by atoms with E-state index < -0.39 is 35.9 Å². The zero-order valence-corrected chi connectivity index (χ0v) is 17.6. The molecule has 164 valence electrons. The fourth-order valence-electron chi connectivity index (χ4n) is 3.59.